The Labute approximate surface area is 178 Å². The topological polar surface area (TPSA) is 83.6 Å². The molecule has 2 heterocycles. The van der Waals surface area contributed by atoms with E-state index in [1.54, 1.807) is 18.0 Å². The first-order valence-electron chi connectivity index (χ1n) is 9.18. The van der Waals surface area contributed by atoms with E-state index in [0.717, 1.165) is 22.0 Å². The van der Waals surface area contributed by atoms with Crippen molar-refractivity contribution in [2.24, 2.45) is 0 Å². The first-order valence-corrected chi connectivity index (χ1v) is 10.2. The summed E-state index contributed by atoms with van der Waals surface area (Å²) < 4.78 is 0. The molecule has 0 spiro atoms. The number of amides is 1. The molecule has 2 aromatic heterocycles. The van der Waals surface area contributed by atoms with Crippen molar-refractivity contribution in [3.8, 4) is 11.8 Å². The molecular weight excluding hydrogens is 394 g/mol. The van der Waals surface area contributed by atoms with Crippen LogP contribution in [0, 0.1) is 11.8 Å². The van der Waals surface area contributed by atoms with Crippen LogP contribution in [0.5, 0.6) is 0 Å². The smallest absolute Gasteiger partial charge is 0.255 e. The summed E-state index contributed by atoms with van der Waals surface area (Å²) in [5.41, 5.74) is 3.89. The van der Waals surface area contributed by atoms with Gasteiger partial charge in [-0.1, -0.05) is 41.9 Å². The quantitative estimate of drug-likeness (QED) is 0.381. The van der Waals surface area contributed by atoms with Crippen LogP contribution in [-0.2, 0) is 5.75 Å². The summed E-state index contributed by atoms with van der Waals surface area (Å²) in [5.74, 6) is 6.66. The standard InChI is InChI=1S/C23H17N5OS/c29-22(19-10-7-18(8-11-19)15-30-23-25-16-26-28-23)27-21-6-3-4-17(14-21)9-12-20-5-1-2-13-24-20/h1-8,10-11,13-14,16H,15H2,(H,27,29)(H,25,26,28). The second-order valence-electron chi connectivity index (χ2n) is 6.28. The molecule has 1 amide bonds. The average molecular weight is 411 g/mol. The third-order valence-corrected chi connectivity index (χ3v) is 5.05. The summed E-state index contributed by atoms with van der Waals surface area (Å²) in [6.07, 6.45) is 3.19. The minimum absolute atomic E-state index is 0.167. The highest BCUT2D eigenvalue weighted by molar-refractivity contribution is 7.98. The molecule has 0 aliphatic rings. The number of anilines is 1. The predicted molar refractivity (Wildman–Crippen MR) is 117 cm³/mol. The summed E-state index contributed by atoms with van der Waals surface area (Å²) in [4.78, 5) is 20.8. The molecule has 0 bridgehead atoms. The zero-order valence-corrected chi connectivity index (χ0v) is 16.7. The van der Waals surface area contributed by atoms with E-state index < -0.39 is 0 Å². The molecule has 4 aromatic rings. The van der Waals surface area contributed by atoms with Crippen molar-refractivity contribution < 1.29 is 4.79 Å². The summed E-state index contributed by atoms with van der Waals surface area (Å²) in [7, 11) is 0. The highest BCUT2D eigenvalue weighted by Crippen LogP contribution is 2.19. The van der Waals surface area contributed by atoms with Gasteiger partial charge in [-0.2, -0.15) is 5.10 Å². The molecule has 0 aliphatic heterocycles. The van der Waals surface area contributed by atoms with Crippen molar-refractivity contribution in [3.63, 3.8) is 0 Å². The van der Waals surface area contributed by atoms with Crippen LogP contribution in [0.2, 0.25) is 0 Å². The number of benzene rings is 2. The summed E-state index contributed by atoms with van der Waals surface area (Å²) in [6.45, 7) is 0. The van der Waals surface area contributed by atoms with Crippen LogP contribution in [-0.4, -0.2) is 26.1 Å². The Morgan fingerprint density at radius 2 is 1.90 bits per heavy atom. The van der Waals surface area contributed by atoms with E-state index in [1.807, 2.05) is 66.7 Å². The van der Waals surface area contributed by atoms with E-state index in [-0.39, 0.29) is 5.91 Å². The molecule has 0 aliphatic carbocycles. The number of carbonyl (C=O) groups is 1. The van der Waals surface area contributed by atoms with Crippen molar-refractivity contribution in [3.05, 3.63) is 102 Å². The van der Waals surface area contributed by atoms with Crippen molar-refractivity contribution in [1.29, 1.82) is 0 Å². The van der Waals surface area contributed by atoms with Gasteiger partial charge in [0.25, 0.3) is 5.91 Å². The van der Waals surface area contributed by atoms with Gasteiger partial charge in [0.2, 0.25) is 0 Å². The van der Waals surface area contributed by atoms with Gasteiger partial charge < -0.3 is 5.32 Å². The SMILES string of the molecule is O=C(Nc1cccc(C#Cc2ccccn2)c1)c1ccc(CSc2ncn[nH]2)cc1. The fraction of sp³-hybridized carbons (Fsp3) is 0.0435. The van der Waals surface area contributed by atoms with Gasteiger partial charge in [0.1, 0.15) is 12.0 Å². The van der Waals surface area contributed by atoms with E-state index in [9.17, 15) is 4.79 Å². The van der Waals surface area contributed by atoms with E-state index >= 15 is 0 Å². The highest BCUT2D eigenvalue weighted by Gasteiger charge is 2.07. The molecule has 2 aromatic carbocycles. The Hall–Kier alpha value is -3.89. The van der Waals surface area contributed by atoms with Gasteiger partial charge in [0.15, 0.2) is 5.16 Å². The van der Waals surface area contributed by atoms with Gasteiger partial charge in [-0.05, 0) is 53.9 Å². The largest absolute Gasteiger partial charge is 0.322 e. The lowest BCUT2D eigenvalue weighted by molar-refractivity contribution is 0.102. The lowest BCUT2D eigenvalue weighted by atomic mass is 10.1. The van der Waals surface area contributed by atoms with Gasteiger partial charge in [-0.25, -0.2) is 9.97 Å². The average Bonchev–Trinajstić information content (AvgIpc) is 3.31. The Bertz CT molecular complexity index is 1180. The van der Waals surface area contributed by atoms with Crippen LogP contribution in [0.4, 0.5) is 5.69 Å². The molecule has 0 saturated carbocycles. The third-order valence-electron chi connectivity index (χ3n) is 4.10. The molecule has 0 radical (unpaired) electrons. The number of carbonyl (C=O) groups excluding carboxylic acids is 1. The molecule has 0 saturated heterocycles. The lowest BCUT2D eigenvalue weighted by Crippen LogP contribution is -2.11. The number of hydrogen-bond acceptors (Lipinski definition) is 5. The van der Waals surface area contributed by atoms with E-state index in [0.29, 0.717) is 16.9 Å². The van der Waals surface area contributed by atoms with Gasteiger partial charge in [-0.15, -0.1) is 0 Å². The number of H-pyrrole nitrogens is 1. The van der Waals surface area contributed by atoms with Crippen LogP contribution < -0.4 is 5.32 Å². The van der Waals surface area contributed by atoms with Gasteiger partial charge in [0.05, 0.1) is 0 Å². The van der Waals surface area contributed by atoms with Crippen LogP contribution in [0.15, 0.2) is 84.4 Å². The predicted octanol–water partition coefficient (Wildman–Crippen LogP) is 4.14. The normalized spacial score (nSPS) is 10.1. The van der Waals surface area contributed by atoms with Crippen molar-refractivity contribution in [2.45, 2.75) is 10.9 Å². The summed E-state index contributed by atoms with van der Waals surface area (Å²) in [6, 6.07) is 20.5. The molecule has 0 atom stereocenters. The van der Waals surface area contributed by atoms with Gasteiger partial charge in [-0.3, -0.25) is 9.89 Å². The number of pyridine rings is 1. The number of aromatic amines is 1. The Morgan fingerprint density at radius 1 is 1.00 bits per heavy atom. The number of hydrogen-bond donors (Lipinski definition) is 2. The lowest BCUT2D eigenvalue weighted by Gasteiger charge is -2.07. The molecular formula is C23H17N5OS. The minimum atomic E-state index is -0.167. The number of nitrogens with zero attached hydrogens (tertiary/aromatic N) is 3. The van der Waals surface area contributed by atoms with E-state index in [2.05, 4.69) is 37.3 Å². The molecule has 0 unspecified atom stereocenters. The maximum Gasteiger partial charge on any atom is 0.255 e. The Morgan fingerprint density at radius 3 is 2.67 bits per heavy atom. The third kappa shape index (κ3) is 5.34. The maximum atomic E-state index is 12.6. The van der Waals surface area contributed by atoms with Crippen molar-refractivity contribution >= 4 is 23.4 Å². The number of thioether (sulfide) groups is 1. The molecule has 2 N–H and O–H groups in total. The fourth-order valence-corrected chi connectivity index (χ4v) is 3.35. The number of nitrogens with one attached hydrogen (secondary N) is 2. The first kappa shape index (κ1) is 19.4. The molecule has 0 fully saturated rings. The second kappa shape index (κ2) is 9.54. The van der Waals surface area contributed by atoms with Crippen LogP contribution in [0.25, 0.3) is 0 Å². The zero-order chi connectivity index (χ0) is 20.6. The Balaban J connectivity index is 1.38. The highest BCUT2D eigenvalue weighted by atomic mass is 32.2. The van der Waals surface area contributed by atoms with Crippen LogP contribution in [0.1, 0.15) is 27.2 Å². The fourth-order valence-electron chi connectivity index (χ4n) is 2.62. The maximum absolute atomic E-state index is 12.6. The van der Waals surface area contributed by atoms with E-state index in [4.69, 9.17) is 0 Å². The van der Waals surface area contributed by atoms with Crippen LogP contribution in [0.3, 0.4) is 0 Å². The number of rotatable bonds is 5. The first-order chi connectivity index (χ1) is 14.8. The van der Waals surface area contributed by atoms with Crippen molar-refractivity contribution in [2.75, 3.05) is 5.32 Å². The summed E-state index contributed by atoms with van der Waals surface area (Å²) >= 11 is 1.55. The molecule has 6 nitrogen and oxygen atoms in total. The molecule has 7 heteroatoms. The molecule has 146 valence electrons. The van der Waals surface area contributed by atoms with Crippen molar-refractivity contribution in [1.82, 2.24) is 20.2 Å². The minimum Gasteiger partial charge on any atom is -0.322 e. The molecule has 4 rings (SSSR count). The zero-order valence-electron chi connectivity index (χ0n) is 15.9. The summed E-state index contributed by atoms with van der Waals surface area (Å²) in [5, 5.41) is 10.3. The number of aromatic nitrogens is 4. The second-order valence-corrected chi connectivity index (χ2v) is 7.24. The molecule has 30 heavy (non-hydrogen) atoms. The monoisotopic (exact) mass is 411 g/mol. The van der Waals surface area contributed by atoms with Crippen LogP contribution >= 0.6 is 11.8 Å². The van der Waals surface area contributed by atoms with Gasteiger partial charge in [0, 0.05) is 28.8 Å². The Kier molecular flexibility index (Phi) is 6.18. The van der Waals surface area contributed by atoms with E-state index in [1.165, 1.54) is 6.33 Å². The van der Waals surface area contributed by atoms with Gasteiger partial charge >= 0.3 is 0 Å².